The van der Waals surface area contributed by atoms with Crippen LogP contribution < -0.4 is 5.32 Å². The summed E-state index contributed by atoms with van der Waals surface area (Å²) in [7, 11) is 4.23. The average Bonchev–Trinajstić information content (AvgIpc) is 2.77. The van der Waals surface area contributed by atoms with Crippen LogP contribution in [0.25, 0.3) is 0 Å². The van der Waals surface area contributed by atoms with Gasteiger partial charge in [-0.15, -0.1) is 0 Å². The van der Waals surface area contributed by atoms with Crippen molar-refractivity contribution in [2.24, 2.45) is 24.8 Å². The maximum Gasteiger partial charge on any atom is 0.114 e. The van der Waals surface area contributed by atoms with Crippen LogP contribution >= 0.6 is 0 Å². The van der Waals surface area contributed by atoms with Gasteiger partial charge in [-0.3, -0.25) is 0 Å². The topological polar surface area (TPSA) is 29.9 Å². The molecule has 1 aromatic rings. The van der Waals surface area contributed by atoms with Gasteiger partial charge in [0.2, 0.25) is 0 Å². The second-order valence-electron chi connectivity index (χ2n) is 7.72. The van der Waals surface area contributed by atoms with E-state index in [0.717, 1.165) is 30.7 Å². The van der Waals surface area contributed by atoms with Crippen LogP contribution in [-0.2, 0) is 18.9 Å². The van der Waals surface area contributed by atoms with E-state index in [2.05, 4.69) is 23.1 Å². The van der Waals surface area contributed by atoms with E-state index in [1.807, 2.05) is 7.05 Å². The Hall–Kier alpha value is -0.830. The summed E-state index contributed by atoms with van der Waals surface area (Å²) in [5.41, 5.74) is 1.70. The van der Waals surface area contributed by atoms with E-state index in [9.17, 15) is 0 Å². The Morgan fingerprint density at radius 3 is 2.35 bits per heavy atom. The lowest BCUT2D eigenvalue weighted by atomic mass is 9.49. The molecule has 1 heterocycles. The number of hydrogen-bond acceptors (Lipinski definition) is 2. The van der Waals surface area contributed by atoms with Gasteiger partial charge >= 0.3 is 0 Å². The van der Waals surface area contributed by atoms with Crippen molar-refractivity contribution in [2.45, 2.75) is 50.4 Å². The Kier molecular flexibility index (Phi) is 2.95. The van der Waals surface area contributed by atoms with Gasteiger partial charge in [-0.2, -0.15) is 0 Å². The van der Waals surface area contributed by atoms with E-state index in [0.29, 0.717) is 5.41 Å². The molecule has 4 saturated carbocycles. The van der Waals surface area contributed by atoms with Crippen LogP contribution in [-0.4, -0.2) is 23.1 Å². The highest BCUT2D eigenvalue weighted by Gasteiger charge is 2.53. The van der Waals surface area contributed by atoms with Crippen LogP contribution in [0.2, 0.25) is 0 Å². The monoisotopic (exact) mass is 273 g/mol. The lowest BCUT2D eigenvalue weighted by molar-refractivity contribution is -0.0106. The Morgan fingerprint density at radius 2 is 1.80 bits per heavy atom. The molecule has 3 nitrogen and oxygen atoms in total. The molecule has 0 spiro atoms. The zero-order valence-electron chi connectivity index (χ0n) is 12.9. The molecule has 3 heteroatoms. The Morgan fingerprint density at radius 1 is 1.20 bits per heavy atom. The molecular formula is C17H27N3. The highest BCUT2D eigenvalue weighted by atomic mass is 15.1. The fraction of sp³-hybridized carbons (Fsp3) is 0.824. The number of aryl methyl sites for hydroxylation is 1. The standard InChI is InChI=1S/C17H27N3/c1-18-4-3-15-11-20(2)16(19-15)17-8-12-5-13(9-17)7-14(6-12)10-17/h11-14,18H,3-10H2,1-2H3. The molecule has 110 valence electrons. The summed E-state index contributed by atoms with van der Waals surface area (Å²) in [5.74, 6) is 4.40. The molecule has 4 bridgehead atoms. The SMILES string of the molecule is CNCCc1cn(C)c(C23CC4CC(CC(C4)C2)C3)n1. The molecule has 5 rings (SSSR count). The number of imidazole rings is 1. The number of rotatable bonds is 4. The number of nitrogens with one attached hydrogen (secondary N) is 1. The van der Waals surface area contributed by atoms with E-state index in [1.54, 1.807) is 0 Å². The molecule has 4 fully saturated rings. The van der Waals surface area contributed by atoms with E-state index in [1.165, 1.54) is 50.0 Å². The fourth-order valence-corrected chi connectivity index (χ4v) is 5.78. The lowest BCUT2D eigenvalue weighted by Crippen LogP contribution is -2.49. The summed E-state index contributed by atoms with van der Waals surface area (Å²) in [6.07, 6.45) is 12.1. The molecule has 0 radical (unpaired) electrons. The molecule has 4 aliphatic carbocycles. The Labute approximate surface area is 122 Å². The normalized spacial score (nSPS) is 38.6. The Bertz CT molecular complexity index is 467. The zero-order chi connectivity index (χ0) is 13.7. The van der Waals surface area contributed by atoms with Crippen molar-refractivity contribution in [1.82, 2.24) is 14.9 Å². The third kappa shape index (κ3) is 1.93. The highest BCUT2D eigenvalue weighted by Crippen LogP contribution is 2.60. The molecule has 20 heavy (non-hydrogen) atoms. The van der Waals surface area contributed by atoms with Gasteiger partial charge in [0.15, 0.2) is 0 Å². The van der Waals surface area contributed by atoms with Gasteiger partial charge in [-0.25, -0.2) is 4.98 Å². The van der Waals surface area contributed by atoms with Crippen molar-refractivity contribution in [3.63, 3.8) is 0 Å². The largest absolute Gasteiger partial charge is 0.337 e. The predicted molar refractivity (Wildman–Crippen MR) is 80.7 cm³/mol. The zero-order valence-corrected chi connectivity index (χ0v) is 12.9. The summed E-state index contributed by atoms with van der Waals surface area (Å²) in [6, 6.07) is 0. The summed E-state index contributed by atoms with van der Waals surface area (Å²) in [5, 5.41) is 3.23. The predicted octanol–water partition coefficient (Wildman–Crippen LogP) is 2.65. The third-order valence-corrected chi connectivity index (χ3v) is 6.07. The molecular weight excluding hydrogens is 246 g/mol. The summed E-state index contributed by atoms with van der Waals surface area (Å²) in [6.45, 7) is 1.03. The first-order chi connectivity index (χ1) is 9.68. The van der Waals surface area contributed by atoms with Crippen LogP contribution in [0, 0.1) is 17.8 Å². The molecule has 0 atom stereocenters. The van der Waals surface area contributed by atoms with Crippen molar-refractivity contribution in [2.75, 3.05) is 13.6 Å². The van der Waals surface area contributed by atoms with Gasteiger partial charge in [-0.05, 0) is 63.3 Å². The molecule has 0 amide bonds. The molecule has 0 unspecified atom stereocenters. The lowest BCUT2D eigenvalue weighted by Gasteiger charge is -2.56. The Balaban J connectivity index is 1.65. The second-order valence-corrected chi connectivity index (χ2v) is 7.72. The fourth-order valence-electron chi connectivity index (χ4n) is 5.78. The van der Waals surface area contributed by atoms with Gasteiger partial charge in [0.05, 0.1) is 5.69 Å². The quantitative estimate of drug-likeness (QED) is 0.914. The van der Waals surface area contributed by atoms with Crippen molar-refractivity contribution in [3.05, 3.63) is 17.7 Å². The maximum atomic E-state index is 5.06. The van der Waals surface area contributed by atoms with Crippen molar-refractivity contribution < 1.29 is 0 Å². The van der Waals surface area contributed by atoms with Gasteiger partial charge in [-0.1, -0.05) is 0 Å². The van der Waals surface area contributed by atoms with Gasteiger partial charge in [0, 0.05) is 31.6 Å². The smallest absolute Gasteiger partial charge is 0.114 e. The van der Waals surface area contributed by atoms with Crippen molar-refractivity contribution in [1.29, 1.82) is 0 Å². The number of likely N-dealkylation sites (N-methyl/N-ethyl adjacent to an activating group) is 1. The van der Waals surface area contributed by atoms with Crippen molar-refractivity contribution in [3.8, 4) is 0 Å². The van der Waals surface area contributed by atoms with Crippen LogP contribution in [0.15, 0.2) is 6.20 Å². The van der Waals surface area contributed by atoms with Gasteiger partial charge < -0.3 is 9.88 Å². The first kappa shape index (κ1) is 12.9. The van der Waals surface area contributed by atoms with Crippen molar-refractivity contribution >= 4 is 0 Å². The molecule has 1 aromatic heterocycles. The van der Waals surface area contributed by atoms with Gasteiger partial charge in [0.25, 0.3) is 0 Å². The summed E-state index contributed by atoms with van der Waals surface area (Å²) >= 11 is 0. The van der Waals surface area contributed by atoms with Crippen LogP contribution in [0.3, 0.4) is 0 Å². The van der Waals surface area contributed by atoms with Crippen LogP contribution in [0.4, 0.5) is 0 Å². The molecule has 4 aliphatic rings. The molecule has 1 N–H and O–H groups in total. The maximum absolute atomic E-state index is 5.06. The van der Waals surface area contributed by atoms with Crippen LogP contribution in [0.1, 0.15) is 50.0 Å². The first-order valence-electron chi connectivity index (χ1n) is 8.36. The van der Waals surface area contributed by atoms with E-state index in [4.69, 9.17) is 4.98 Å². The highest BCUT2D eigenvalue weighted by molar-refractivity contribution is 5.20. The second kappa shape index (κ2) is 4.59. The number of hydrogen-bond donors (Lipinski definition) is 1. The minimum atomic E-state index is 0.432. The van der Waals surface area contributed by atoms with Gasteiger partial charge in [0.1, 0.15) is 5.82 Å². The summed E-state index contributed by atoms with van der Waals surface area (Å²) < 4.78 is 2.35. The van der Waals surface area contributed by atoms with Crippen LogP contribution in [0.5, 0.6) is 0 Å². The van der Waals surface area contributed by atoms with E-state index >= 15 is 0 Å². The molecule has 0 aromatic carbocycles. The van der Waals surface area contributed by atoms with E-state index in [-0.39, 0.29) is 0 Å². The average molecular weight is 273 g/mol. The summed E-state index contributed by atoms with van der Waals surface area (Å²) in [4.78, 5) is 5.06. The first-order valence-corrected chi connectivity index (χ1v) is 8.36. The number of aromatic nitrogens is 2. The molecule has 0 saturated heterocycles. The van der Waals surface area contributed by atoms with E-state index < -0.39 is 0 Å². The minimum Gasteiger partial charge on any atom is -0.337 e. The number of nitrogens with zero attached hydrogens (tertiary/aromatic N) is 2. The molecule has 0 aliphatic heterocycles. The third-order valence-electron chi connectivity index (χ3n) is 6.07. The minimum absolute atomic E-state index is 0.432.